The molecule has 1 aliphatic heterocycles. The van der Waals surface area contributed by atoms with Crippen LogP contribution in [0.4, 0.5) is 5.69 Å². The highest BCUT2D eigenvalue weighted by Gasteiger charge is 2.26. The van der Waals surface area contributed by atoms with Gasteiger partial charge in [-0.25, -0.2) is 4.98 Å². The predicted molar refractivity (Wildman–Crippen MR) is 150 cm³/mol. The monoisotopic (exact) mass is 516 g/mol. The number of aromatic hydroxyl groups is 1. The van der Waals surface area contributed by atoms with Gasteiger partial charge in [0.1, 0.15) is 11.5 Å². The lowest BCUT2D eigenvalue weighted by molar-refractivity contribution is -0.243. The van der Waals surface area contributed by atoms with E-state index in [0.29, 0.717) is 5.71 Å². The Morgan fingerprint density at radius 1 is 0.974 bits per heavy atom. The number of anilines is 1. The summed E-state index contributed by atoms with van der Waals surface area (Å²) >= 11 is 0. The van der Waals surface area contributed by atoms with Gasteiger partial charge in [0, 0.05) is 62.3 Å². The van der Waals surface area contributed by atoms with Crippen LogP contribution in [-0.4, -0.2) is 76.3 Å². The molecule has 38 heavy (non-hydrogen) atoms. The Morgan fingerprint density at radius 2 is 1.68 bits per heavy atom. The van der Waals surface area contributed by atoms with Crippen LogP contribution in [0.5, 0.6) is 5.75 Å². The van der Waals surface area contributed by atoms with Crippen molar-refractivity contribution in [2.45, 2.75) is 32.8 Å². The molecule has 0 amide bonds. The summed E-state index contributed by atoms with van der Waals surface area (Å²) in [5, 5.41) is 24.7. The minimum absolute atomic E-state index is 0.212. The maximum atomic E-state index is 10.4. The molecule has 3 N–H and O–H groups in total. The number of phenolic OH excluding ortho intramolecular Hbond substituents is 1. The highest BCUT2D eigenvalue weighted by atomic mass is 16.6. The topological polar surface area (TPSA) is 94.2 Å². The first-order chi connectivity index (χ1) is 18.3. The van der Waals surface area contributed by atoms with Crippen LogP contribution in [-0.2, 0) is 4.74 Å². The van der Waals surface area contributed by atoms with Crippen molar-refractivity contribution in [1.29, 1.82) is 0 Å². The molecule has 1 atom stereocenters. The van der Waals surface area contributed by atoms with Crippen LogP contribution >= 0.6 is 0 Å². The molecule has 0 bridgehead atoms. The lowest BCUT2D eigenvalue weighted by Gasteiger charge is -2.38. The molecule has 2 aromatic heterocycles. The molecule has 1 unspecified atom stereocenters. The number of aromatic nitrogens is 1. The lowest BCUT2D eigenvalue weighted by atomic mass is 9.98. The van der Waals surface area contributed by atoms with Crippen molar-refractivity contribution in [3.05, 3.63) is 66.9 Å². The summed E-state index contributed by atoms with van der Waals surface area (Å²) in [4.78, 5) is 8.90. The molecule has 4 aromatic rings. The van der Waals surface area contributed by atoms with E-state index in [4.69, 9.17) is 9.15 Å². The molecule has 0 radical (unpaired) electrons. The van der Waals surface area contributed by atoms with Gasteiger partial charge in [0.15, 0.2) is 0 Å². The van der Waals surface area contributed by atoms with Gasteiger partial charge in [0.2, 0.25) is 12.1 Å². The van der Waals surface area contributed by atoms with Crippen molar-refractivity contribution >= 4 is 16.8 Å². The van der Waals surface area contributed by atoms with Crippen LogP contribution in [0.15, 0.2) is 71.3 Å². The minimum atomic E-state index is -0.874. The average Bonchev–Trinajstić information content (AvgIpc) is 3.29. The molecule has 1 aliphatic rings. The first kappa shape index (κ1) is 26.2. The zero-order valence-electron chi connectivity index (χ0n) is 22.2. The third kappa shape index (κ3) is 6.00. The maximum absolute atomic E-state index is 10.4. The number of hydrogen-bond donors (Lipinski definition) is 3. The number of rotatable bonds is 8. The Hall–Kier alpha value is -3.43. The number of ether oxygens (including phenoxy) is 1. The van der Waals surface area contributed by atoms with Crippen LogP contribution in [0.2, 0.25) is 0 Å². The second-order valence-electron chi connectivity index (χ2n) is 10.6. The van der Waals surface area contributed by atoms with E-state index in [9.17, 15) is 10.2 Å². The van der Waals surface area contributed by atoms with E-state index in [0.717, 1.165) is 72.8 Å². The number of hydrogen-bond acceptors (Lipinski definition) is 8. The molecule has 2 aromatic carbocycles. The van der Waals surface area contributed by atoms with Crippen molar-refractivity contribution in [3.8, 4) is 28.2 Å². The van der Waals surface area contributed by atoms with Crippen LogP contribution in [0.1, 0.15) is 20.8 Å². The van der Waals surface area contributed by atoms with Crippen LogP contribution in [0.3, 0.4) is 0 Å². The van der Waals surface area contributed by atoms with Gasteiger partial charge in [0.25, 0.3) is 0 Å². The van der Waals surface area contributed by atoms with Gasteiger partial charge in [-0.05, 0) is 56.7 Å². The largest absolute Gasteiger partial charge is 0.508 e. The third-order valence-corrected chi connectivity index (χ3v) is 6.71. The molecule has 5 rings (SSSR count). The van der Waals surface area contributed by atoms with E-state index in [1.54, 1.807) is 18.3 Å². The number of furan rings is 1. The smallest absolute Gasteiger partial charge is 0.229 e. The van der Waals surface area contributed by atoms with Gasteiger partial charge in [0.05, 0.1) is 11.0 Å². The van der Waals surface area contributed by atoms with E-state index in [2.05, 4.69) is 27.3 Å². The number of benzene rings is 2. The average molecular weight is 517 g/mol. The highest BCUT2D eigenvalue weighted by molar-refractivity contribution is 6.06. The zero-order valence-corrected chi connectivity index (χ0v) is 22.2. The highest BCUT2D eigenvalue weighted by Crippen LogP contribution is 2.43. The lowest BCUT2D eigenvalue weighted by Crippen LogP contribution is -2.53. The molecule has 200 valence electrons. The summed E-state index contributed by atoms with van der Waals surface area (Å²) in [6.45, 7) is 10.7. The quantitative estimate of drug-likeness (QED) is 0.282. The molecule has 3 heterocycles. The second kappa shape index (κ2) is 11.1. The molecule has 8 heteroatoms. The number of nitrogens with zero attached hydrogens (tertiary/aromatic N) is 3. The number of pyridine rings is 1. The normalized spacial score (nSPS) is 16.1. The van der Waals surface area contributed by atoms with E-state index in [1.165, 1.54) is 0 Å². The molecule has 1 saturated heterocycles. The van der Waals surface area contributed by atoms with Crippen molar-refractivity contribution in [2.24, 2.45) is 0 Å². The first-order valence-corrected chi connectivity index (χ1v) is 13.1. The molecule has 8 nitrogen and oxygen atoms in total. The Bertz CT molecular complexity index is 1340. The Balaban J connectivity index is 1.32. The first-order valence-electron chi connectivity index (χ1n) is 13.1. The fourth-order valence-corrected chi connectivity index (χ4v) is 4.81. The van der Waals surface area contributed by atoms with Crippen molar-refractivity contribution in [1.82, 2.24) is 14.8 Å². The fourth-order valence-electron chi connectivity index (χ4n) is 4.81. The van der Waals surface area contributed by atoms with Crippen LogP contribution < -0.4 is 5.32 Å². The molecular weight excluding hydrogens is 480 g/mol. The van der Waals surface area contributed by atoms with Gasteiger partial charge in [-0.15, -0.1) is 0 Å². The van der Waals surface area contributed by atoms with Crippen LogP contribution in [0.25, 0.3) is 33.6 Å². The molecular formula is C30H36N4O4. The van der Waals surface area contributed by atoms with E-state index >= 15 is 0 Å². The summed E-state index contributed by atoms with van der Waals surface area (Å²) in [5.41, 5.74) is 4.04. The maximum Gasteiger partial charge on any atom is 0.229 e. The summed E-state index contributed by atoms with van der Waals surface area (Å²) < 4.78 is 12.0. The van der Waals surface area contributed by atoms with E-state index in [1.807, 2.05) is 62.1 Å². The van der Waals surface area contributed by atoms with Crippen molar-refractivity contribution in [3.63, 3.8) is 0 Å². The van der Waals surface area contributed by atoms with Gasteiger partial charge < -0.3 is 24.7 Å². The van der Waals surface area contributed by atoms with Gasteiger partial charge in [-0.2, -0.15) is 0 Å². The fraction of sp³-hybridized carbons (Fsp3) is 0.367. The number of piperazine rings is 1. The number of fused-ring (bicyclic) bond motifs is 1. The van der Waals surface area contributed by atoms with E-state index in [-0.39, 0.29) is 11.4 Å². The predicted octanol–water partition coefficient (Wildman–Crippen LogP) is 4.99. The standard InChI is InChI=1S/C30H36N4O4/c1-30(2,3)38-29(36)34-19-17-33(18-20-34)16-15-31-24-13-14-32-28-26(24)25(21-7-5-4-6-8-21)27(37-28)22-9-11-23(35)12-10-22/h4-14,29,35-36H,15-20H2,1-3H3,(H,31,32). The van der Waals surface area contributed by atoms with Crippen molar-refractivity contribution in [2.75, 3.05) is 44.6 Å². The van der Waals surface area contributed by atoms with Gasteiger partial charge >= 0.3 is 0 Å². The van der Waals surface area contributed by atoms with Gasteiger partial charge in [-0.1, -0.05) is 30.3 Å². The summed E-state index contributed by atoms with van der Waals surface area (Å²) in [5.74, 6) is 0.934. The minimum Gasteiger partial charge on any atom is -0.508 e. The SMILES string of the molecule is CC(C)(C)OC(O)N1CCN(CCNc2ccnc3oc(-c4ccc(O)cc4)c(-c4ccccc4)c23)CC1. The third-order valence-electron chi connectivity index (χ3n) is 6.71. The molecule has 0 aliphatic carbocycles. The number of aliphatic hydroxyl groups is 1. The molecule has 0 saturated carbocycles. The second-order valence-corrected chi connectivity index (χ2v) is 10.6. The Labute approximate surface area is 223 Å². The number of phenols is 1. The number of aliphatic hydroxyl groups excluding tert-OH is 1. The Kier molecular flexibility index (Phi) is 7.67. The van der Waals surface area contributed by atoms with Gasteiger partial charge in [-0.3, -0.25) is 9.80 Å². The Morgan fingerprint density at radius 3 is 2.37 bits per heavy atom. The number of nitrogens with one attached hydrogen (secondary N) is 1. The molecule has 0 spiro atoms. The summed E-state index contributed by atoms with van der Waals surface area (Å²) in [7, 11) is 0. The zero-order chi connectivity index (χ0) is 26.7. The molecule has 1 fully saturated rings. The van der Waals surface area contributed by atoms with E-state index < -0.39 is 6.41 Å². The summed E-state index contributed by atoms with van der Waals surface area (Å²) in [6, 6.07) is 19.2. The summed E-state index contributed by atoms with van der Waals surface area (Å²) in [6.07, 6.45) is 0.888. The van der Waals surface area contributed by atoms with Crippen molar-refractivity contribution < 1.29 is 19.4 Å². The van der Waals surface area contributed by atoms with Crippen LogP contribution in [0, 0.1) is 0 Å².